The van der Waals surface area contributed by atoms with E-state index in [1.54, 1.807) is 43.2 Å². The van der Waals surface area contributed by atoms with Gasteiger partial charge >= 0.3 is 0 Å². The van der Waals surface area contributed by atoms with Crippen molar-refractivity contribution in [3.63, 3.8) is 0 Å². The first-order chi connectivity index (χ1) is 19.8. The second-order valence-electron chi connectivity index (χ2n) is 9.09. The molecule has 3 aromatic carbocycles. The lowest BCUT2D eigenvalue weighted by Crippen LogP contribution is -2.44. The molecule has 0 saturated heterocycles. The number of amides is 1. The van der Waals surface area contributed by atoms with Crippen LogP contribution >= 0.6 is 0 Å². The first-order valence-electron chi connectivity index (χ1n) is 12.6. The number of hydrogen-bond donors (Lipinski definition) is 3. The molecular formula is C29H28FN5O6. The number of benzene rings is 3. The number of anilines is 5. The number of aromatic nitrogens is 2. The molecule has 1 aliphatic heterocycles. The topological polar surface area (TPSA) is 127 Å². The fraction of sp³-hybridized carbons (Fsp3) is 0.207. The third-order valence-corrected chi connectivity index (χ3v) is 6.39. The Morgan fingerprint density at radius 1 is 1.00 bits per heavy atom. The lowest BCUT2D eigenvalue weighted by Gasteiger charge is -2.33. The normalized spacial score (nSPS) is 14.1. The van der Waals surface area contributed by atoms with E-state index in [9.17, 15) is 14.3 Å². The maximum absolute atomic E-state index is 14.8. The highest BCUT2D eigenvalue weighted by Crippen LogP contribution is 2.40. The first-order valence-corrected chi connectivity index (χ1v) is 12.6. The molecule has 0 radical (unpaired) electrons. The molecule has 4 aromatic rings. The summed E-state index contributed by atoms with van der Waals surface area (Å²) in [5.74, 6) is 0.593. The van der Waals surface area contributed by atoms with Crippen LogP contribution in [0.1, 0.15) is 12.5 Å². The van der Waals surface area contributed by atoms with Gasteiger partial charge < -0.3 is 39.6 Å². The minimum atomic E-state index is -0.695. The fourth-order valence-electron chi connectivity index (χ4n) is 4.36. The summed E-state index contributed by atoms with van der Waals surface area (Å²) >= 11 is 0. The van der Waals surface area contributed by atoms with Crippen LogP contribution in [0.4, 0.5) is 33.2 Å². The lowest BCUT2D eigenvalue weighted by molar-refractivity contribution is -0.125. The van der Waals surface area contributed by atoms with E-state index in [1.807, 2.05) is 24.3 Å². The predicted molar refractivity (Wildman–Crippen MR) is 150 cm³/mol. The SMILES string of the molecule is COc1ccc(CN2C(=O)C(C)Oc3ccc(Nc4nc(Nc5cc(O)c(OC)c(OC)c5)ncc4F)cc32)cc1. The summed E-state index contributed by atoms with van der Waals surface area (Å²) in [6.45, 7) is 2.00. The minimum absolute atomic E-state index is 0.0620. The van der Waals surface area contributed by atoms with Gasteiger partial charge in [-0.05, 0) is 42.8 Å². The van der Waals surface area contributed by atoms with Crippen LogP contribution in [0.15, 0.2) is 60.8 Å². The Labute approximate surface area is 235 Å². The molecule has 1 aromatic heterocycles. The fourth-order valence-corrected chi connectivity index (χ4v) is 4.36. The molecule has 0 bridgehead atoms. The molecule has 5 rings (SSSR count). The van der Waals surface area contributed by atoms with Gasteiger partial charge in [-0.25, -0.2) is 9.37 Å². The standard InChI is InChI=1S/C29H28FN5O6/c1-16-28(37)35(15-17-5-8-20(38-2)9-6-17)22-11-18(7-10-24(22)41-16)32-27-21(30)14-31-29(34-27)33-19-12-23(36)26(40-4)25(13-19)39-3/h5-14,16,36H,15H2,1-4H3,(H2,31,32,33,34). The van der Waals surface area contributed by atoms with E-state index in [4.69, 9.17) is 18.9 Å². The Balaban J connectivity index is 1.40. The van der Waals surface area contributed by atoms with E-state index in [0.29, 0.717) is 35.1 Å². The highest BCUT2D eigenvalue weighted by molar-refractivity contribution is 6.00. The number of carbonyl (C=O) groups excluding carboxylic acids is 1. The van der Waals surface area contributed by atoms with Gasteiger partial charge in [0.15, 0.2) is 29.2 Å². The Morgan fingerprint density at radius 3 is 2.49 bits per heavy atom. The lowest BCUT2D eigenvalue weighted by atomic mass is 10.1. The molecule has 0 fully saturated rings. The predicted octanol–water partition coefficient (Wildman–Crippen LogP) is 5.15. The number of phenolic OH excluding ortho intramolecular Hbond substituents is 1. The Hall–Kier alpha value is -5.26. The van der Waals surface area contributed by atoms with Crippen LogP contribution in [0.5, 0.6) is 28.7 Å². The highest BCUT2D eigenvalue weighted by Gasteiger charge is 2.32. The second-order valence-corrected chi connectivity index (χ2v) is 9.09. The number of ether oxygens (including phenoxy) is 4. The maximum atomic E-state index is 14.8. The van der Waals surface area contributed by atoms with Gasteiger partial charge in [0.05, 0.1) is 39.8 Å². The third kappa shape index (κ3) is 5.71. The van der Waals surface area contributed by atoms with E-state index in [1.165, 1.54) is 20.3 Å². The molecule has 0 saturated carbocycles. The molecular weight excluding hydrogens is 533 g/mol. The van der Waals surface area contributed by atoms with Crippen LogP contribution in [0.2, 0.25) is 0 Å². The number of hydrogen-bond acceptors (Lipinski definition) is 10. The van der Waals surface area contributed by atoms with Gasteiger partial charge in [-0.1, -0.05) is 12.1 Å². The van der Waals surface area contributed by atoms with E-state index in [0.717, 1.165) is 11.8 Å². The molecule has 11 nitrogen and oxygen atoms in total. The summed E-state index contributed by atoms with van der Waals surface area (Å²) in [6.07, 6.45) is 0.351. The minimum Gasteiger partial charge on any atom is -0.504 e. The Bertz CT molecular complexity index is 1580. The smallest absolute Gasteiger partial charge is 0.268 e. The number of methoxy groups -OCH3 is 3. The number of phenols is 1. The molecule has 1 aliphatic rings. The average molecular weight is 562 g/mol. The van der Waals surface area contributed by atoms with Gasteiger partial charge in [0.25, 0.3) is 5.91 Å². The largest absolute Gasteiger partial charge is 0.504 e. The summed E-state index contributed by atoms with van der Waals surface area (Å²) < 4.78 is 36.2. The van der Waals surface area contributed by atoms with Crippen molar-refractivity contribution in [2.75, 3.05) is 36.9 Å². The zero-order chi connectivity index (χ0) is 29.1. The van der Waals surface area contributed by atoms with Crippen LogP contribution in [-0.4, -0.2) is 48.4 Å². The molecule has 2 heterocycles. The van der Waals surface area contributed by atoms with Gasteiger partial charge in [0, 0.05) is 23.5 Å². The van der Waals surface area contributed by atoms with E-state index in [-0.39, 0.29) is 34.9 Å². The Kier molecular flexibility index (Phi) is 7.64. The van der Waals surface area contributed by atoms with Gasteiger partial charge in [0.2, 0.25) is 11.7 Å². The molecule has 0 aliphatic carbocycles. The first kappa shape index (κ1) is 27.3. The van der Waals surface area contributed by atoms with Gasteiger partial charge in [0.1, 0.15) is 11.5 Å². The van der Waals surface area contributed by atoms with Crippen LogP contribution in [0.25, 0.3) is 0 Å². The van der Waals surface area contributed by atoms with Crippen LogP contribution in [0.3, 0.4) is 0 Å². The molecule has 1 amide bonds. The van der Waals surface area contributed by atoms with Crippen LogP contribution < -0.4 is 34.5 Å². The van der Waals surface area contributed by atoms with Gasteiger partial charge in [-0.15, -0.1) is 0 Å². The Morgan fingerprint density at radius 2 is 1.78 bits per heavy atom. The summed E-state index contributed by atoms with van der Waals surface area (Å²) in [7, 11) is 4.44. The molecule has 1 unspecified atom stereocenters. The number of carbonyl (C=O) groups is 1. The molecule has 0 spiro atoms. The van der Waals surface area contributed by atoms with Crippen molar-refractivity contribution in [1.82, 2.24) is 9.97 Å². The second kappa shape index (κ2) is 11.5. The number of halogens is 1. The van der Waals surface area contributed by atoms with Crippen molar-refractivity contribution in [3.05, 3.63) is 72.2 Å². The van der Waals surface area contributed by atoms with Gasteiger partial charge in [-0.2, -0.15) is 4.98 Å². The number of rotatable bonds is 9. The molecule has 212 valence electrons. The monoisotopic (exact) mass is 561 g/mol. The third-order valence-electron chi connectivity index (χ3n) is 6.39. The van der Waals surface area contributed by atoms with Gasteiger partial charge in [-0.3, -0.25) is 4.79 Å². The van der Waals surface area contributed by atoms with Crippen molar-refractivity contribution in [2.45, 2.75) is 19.6 Å². The average Bonchev–Trinajstić information content (AvgIpc) is 2.97. The van der Waals surface area contributed by atoms with E-state index < -0.39 is 11.9 Å². The van der Waals surface area contributed by atoms with Crippen LogP contribution in [-0.2, 0) is 11.3 Å². The van der Waals surface area contributed by atoms with Crippen molar-refractivity contribution < 1.29 is 33.2 Å². The number of fused-ring (bicyclic) bond motifs is 1. The van der Waals surface area contributed by atoms with Crippen molar-refractivity contribution >= 4 is 34.7 Å². The highest BCUT2D eigenvalue weighted by atomic mass is 19.1. The number of nitrogens with one attached hydrogen (secondary N) is 2. The van der Waals surface area contributed by atoms with Crippen LogP contribution in [0, 0.1) is 5.82 Å². The number of aromatic hydroxyl groups is 1. The van der Waals surface area contributed by atoms with Crippen molar-refractivity contribution in [1.29, 1.82) is 0 Å². The summed E-state index contributed by atoms with van der Waals surface area (Å²) in [4.78, 5) is 23.0. The van der Waals surface area contributed by atoms with E-state index in [2.05, 4.69) is 20.6 Å². The molecule has 3 N–H and O–H groups in total. The van der Waals surface area contributed by atoms with Crippen molar-refractivity contribution in [2.24, 2.45) is 0 Å². The molecule has 41 heavy (non-hydrogen) atoms. The maximum Gasteiger partial charge on any atom is 0.268 e. The number of nitrogens with zero attached hydrogens (tertiary/aromatic N) is 3. The summed E-state index contributed by atoms with van der Waals surface area (Å²) in [5, 5.41) is 16.1. The summed E-state index contributed by atoms with van der Waals surface area (Å²) in [6, 6.07) is 15.5. The molecule has 12 heteroatoms. The quantitative estimate of drug-likeness (QED) is 0.253. The van der Waals surface area contributed by atoms with E-state index >= 15 is 0 Å². The van der Waals surface area contributed by atoms with Crippen molar-refractivity contribution in [3.8, 4) is 28.7 Å². The summed E-state index contributed by atoms with van der Waals surface area (Å²) in [5.41, 5.74) is 2.30. The molecule has 1 atom stereocenters. The zero-order valence-corrected chi connectivity index (χ0v) is 22.8. The zero-order valence-electron chi connectivity index (χ0n) is 22.8.